The average molecular weight is 600 g/mol. The van der Waals surface area contributed by atoms with Crippen LogP contribution in [-0.4, -0.2) is 9.13 Å². The molecule has 7 aromatic carbocycles. The summed E-state index contributed by atoms with van der Waals surface area (Å²) in [6.45, 7) is 2.13. The molecule has 3 nitrogen and oxygen atoms in total. The lowest BCUT2D eigenvalue weighted by Gasteiger charge is -2.19. The lowest BCUT2D eigenvalue weighted by molar-refractivity contribution is 1.16. The van der Waals surface area contributed by atoms with Crippen molar-refractivity contribution in [2.45, 2.75) is 6.92 Å². The predicted octanol–water partition coefficient (Wildman–Crippen LogP) is 11.4. The fourth-order valence-corrected chi connectivity index (χ4v) is 7.36. The quantitative estimate of drug-likeness (QED) is 0.198. The van der Waals surface area contributed by atoms with Crippen LogP contribution in [0.3, 0.4) is 0 Å². The van der Waals surface area contributed by atoms with Crippen molar-refractivity contribution in [3.8, 4) is 39.7 Å². The van der Waals surface area contributed by atoms with E-state index in [-0.39, 0.29) is 0 Å². The minimum absolute atomic E-state index is 0.637. The Bertz CT molecular complexity index is 2650. The third-order valence-electron chi connectivity index (χ3n) is 9.42. The minimum atomic E-state index is 0.637. The summed E-state index contributed by atoms with van der Waals surface area (Å²) in [5.41, 5.74) is 12.7. The van der Waals surface area contributed by atoms with Crippen molar-refractivity contribution in [2.75, 3.05) is 0 Å². The van der Waals surface area contributed by atoms with E-state index >= 15 is 0 Å². The van der Waals surface area contributed by atoms with Crippen LogP contribution in [0.15, 0.2) is 158 Å². The van der Waals surface area contributed by atoms with Crippen LogP contribution in [-0.2, 0) is 0 Å². The molecule has 9 rings (SSSR count). The number of para-hydroxylation sites is 4. The largest absolute Gasteiger partial charge is 0.309 e. The number of hydrogen-bond donors (Lipinski definition) is 0. The van der Waals surface area contributed by atoms with Crippen molar-refractivity contribution in [2.24, 2.45) is 0 Å². The Balaban J connectivity index is 1.36. The Kier molecular flexibility index (Phi) is 6.10. The van der Waals surface area contributed by atoms with Crippen LogP contribution >= 0.6 is 0 Å². The first-order valence-corrected chi connectivity index (χ1v) is 15.9. The maximum absolute atomic E-state index is 10.5. The third kappa shape index (κ3) is 4.13. The molecule has 47 heavy (non-hydrogen) atoms. The van der Waals surface area contributed by atoms with Gasteiger partial charge in [-0.15, -0.1) is 0 Å². The van der Waals surface area contributed by atoms with E-state index in [0.29, 0.717) is 5.56 Å². The van der Waals surface area contributed by atoms with Gasteiger partial charge in [-0.25, -0.2) is 0 Å². The number of benzene rings is 7. The zero-order valence-electron chi connectivity index (χ0n) is 25.9. The molecule has 0 radical (unpaired) electrons. The van der Waals surface area contributed by atoms with Crippen molar-refractivity contribution in [1.82, 2.24) is 9.13 Å². The number of nitrogens with zero attached hydrogens (tertiary/aromatic N) is 3. The van der Waals surface area contributed by atoms with E-state index in [1.165, 1.54) is 38.1 Å². The van der Waals surface area contributed by atoms with Crippen molar-refractivity contribution in [1.29, 1.82) is 5.26 Å². The molecule has 220 valence electrons. The number of nitriles is 1. The second kappa shape index (κ2) is 10.6. The number of fused-ring (bicyclic) bond motifs is 6. The first-order chi connectivity index (χ1) is 23.2. The smallest absolute Gasteiger partial charge is 0.101 e. The van der Waals surface area contributed by atoms with Gasteiger partial charge in [0.15, 0.2) is 0 Å². The molecule has 0 bridgehead atoms. The van der Waals surface area contributed by atoms with Gasteiger partial charge in [0.25, 0.3) is 0 Å². The molecule has 0 aliphatic rings. The predicted molar refractivity (Wildman–Crippen MR) is 195 cm³/mol. The van der Waals surface area contributed by atoms with Gasteiger partial charge < -0.3 is 9.13 Å². The highest BCUT2D eigenvalue weighted by Gasteiger charge is 2.21. The van der Waals surface area contributed by atoms with Gasteiger partial charge in [-0.3, -0.25) is 0 Å². The van der Waals surface area contributed by atoms with Gasteiger partial charge in [-0.05, 0) is 66.6 Å². The van der Waals surface area contributed by atoms with Gasteiger partial charge in [0.05, 0.1) is 39.0 Å². The molecular weight excluding hydrogens is 571 g/mol. The summed E-state index contributed by atoms with van der Waals surface area (Å²) in [7, 11) is 0. The average Bonchev–Trinajstić information content (AvgIpc) is 3.64. The summed E-state index contributed by atoms with van der Waals surface area (Å²) in [5.74, 6) is 0. The topological polar surface area (TPSA) is 33.6 Å². The van der Waals surface area contributed by atoms with Gasteiger partial charge in [-0.1, -0.05) is 115 Å². The SMILES string of the molecule is Cc1ccc2c(c1)c1ccccc1n2-c1c(C#N)cccc1-c1ccc(-n2c3ccccc3c3ccccc32)c(-c2ccccc2)c1. The van der Waals surface area contributed by atoms with E-state index in [1.54, 1.807) is 0 Å². The number of hydrogen-bond acceptors (Lipinski definition) is 1. The normalized spacial score (nSPS) is 11.5. The molecule has 0 saturated heterocycles. The van der Waals surface area contributed by atoms with Crippen LogP contribution in [0.1, 0.15) is 11.1 Å². The van der Waals surface area contributed by atoms with Crippen LogP contribution in [0.25, 0.3) is 77.2 Å². The molecular formula is C44H29N3. The van der Waals surface area contributed by atoms with Gasteiger partial charge in [0, 0.05) is 32.7 Å². The summed E-state index contributed by atoms with van der Waals surface area (Å²) in [6.07, 6.45) is 0. The molecule has 0 amide bonds. The molecule has 0 aliphatic heterocycles. The van der Waals surface area contributed by atoms with E-state index in [1.807, 2.05) is 12.1 Å². The van der Waals surface area contributed by atoms with Crippen molar-refractivity contribution in [3.05, 3.63) is 169 Å². The lowest BCUT2D eigenvalue weighted by Crippen LogP contribution is -2.02. The highest BCUT2D eigenvalue weighted by Crippen LogP contribution is 2.41. The number of rotatable bonds is 4. The van der Waals surface area contributed by atoms with E-state index in [4.69, 9.17) is 0 Å². The van der Waals surface area contributed by atoms with E-state index < -0.39 is 0 Å². The van der Waals surface area contributed by atoms with Crippen molar-refractivity contribution in [3.63, 3.8) is 0 Å². The molecule has 2 aromatic heterocycles. The van der Waals surface area contributed by atoms with Crippen LogP contribution in [0, 0.1) is 18.3 Å². The van der Waals surface area contributed by atoms with Gasteiger partial charge in [-0.2, -0.15) is 5.26 Å². The summed E-state index contributed by atoms with van der Waals surface area (Å²) < 4.78 is 4.67. The highest BCUT2D eigenvalue weighted by molar-refractivity contribution is 6.11. The molecule has 2 heterocycles. The Morgan fingerprint density at radius 2 is 1.04 bits per heavy atom. The Labute approximate surface area is 272 Å². The van der Waals surface area contributed by atoms with Crippen molar-refractivity contribution >= 4 is 43.6 Å². The highest BCUT2D eigenvalue weighted by atomic mass is 15.0. The van der Waals surface area contributed by atoms with Crippen LogP contribution in [0.2, 0.25) is 0 Å². The lowest BCUT2D eigenvalue weighted by atomic mass is 9.94. The molecule has 0 spiro atoms. The zero-order chi connectivity index (χ0) is 31.5. The standard InChI is InChI=1S/C44H29N3/c1-29-22-24-43-38(26-29)36-17-7-10-21-41(36)47(43)44-32(28-45)14-11-18-33(44)31-23-25-42(37(27-31)30-12-3-2-4-13-30)46-39-19-8-5-15-34(39)35-16-6-9-20-40(35)46/h2-27H,1H3. The zero-order valence-corrected chi connectivity index (χ0v) is 25.9. The molecule has 0 N–H and O–H groups in total. The van der Waals surface area contributed by atoms with Gasteiger partial charge in [0.1, 0.15) is 6.07 Å². The third-order valence-corrected chi connectivity index (χ3v) is 9.42. The maximum atomic E-state index is 10.5. The fourth-order valence-electron chi connectivity index (χ4n) is 7.36. The van der Waals surface area contributed by atoms with Crippen molar-refractivity contribution < 1.29 is 0 Å². The minimum Gasteiger partial charge on any atom is -0.309 e. The Morgan fingerprint density at radius 1 is 0.447 bits per heavy atom. The van der Waals surface area contributed by atoms with E-state index in [2.05, 4.69) is 168 Å². The first-order valence-electron chi connectivity index (χ1n) is 15.9. The van der Waals surface area contributed by atoms with Crippen LogP contribution in [0.5, 0.6) is 0 Å². The first kappa shape index (κ1) is 27.0. The summed E-state index contributed by atoms with van der Waals surface area (Å²) in [6, 6.07) is 58.3. The van der Waals surface area contributed by atoms with E-state index in [9.17, 15) is 5.26 Å². The monoisotopic (exact) mass is 599 g/mol. The van der Waals surface area contributed by atoms with E-state index in [0.717, 1.165) is 44.7 Å². The molecule has 9 aromatic rings. The fraction of sp³-hybridized carbons (Fsp3) is 0.0227. The molecule has 0 saturated carbocycles. The van der Waals surface area contributed by atoms with Crippen LogP contribution in [0.4, 0.5) is 0 Å². The molecule has 0 aliphatic carbocycles. The number of aromatic nitrogens is 2. The number of aryl methyl sites for hydroxylation is 1. The Hall–Kier alpha value is -6.37. The van der Waals surface area contributed by atoms with Gasteiger partial charge in [0.2, 0.25) is 0 Å². The molecule has 0 unspecified atom stereocenters. The summed E-state index contributed by atoms with van der Waals surface area (Å²) in [4.78, 5) is 0. The Morgan fingerprint density at radius 3 is 1.72 bits per heavy atom. The van der Waals surface area contributed by atoms with Gasteiger partial charge >= 0.3 is 0 Å². The van der Waals surface area contributed by atoms with Crippen LogP contribution < -0.4 is 0 Å². The summed E-state index contributed by atoms with van der Waals surface area (Å²) in [5, 5.41) is 15.3. The second-order valence-electron chi connectivity index (χ2n) is 12.2. The molecule has 0 atom stereocenters. The maximum Gasteiger partial charge on any atom is 0.101 e. The molecule has 0 fully saturated rings. The second-order valence-corrected chi connectivity index (χ2v) is 12.2. The molecule has 3 heteroatoms. The summed E-state index contributed by atoms with van der Waals surface area (Å²) >= 11 is 0.